The lowest BCUT2D eigenvalue weighted by Gasteiger charge is -2.08. The summed E-state index contributed by atoms with van der Waals surface area (Å²) in [5.74, 6) is 1.06. The standard InChI is InChI=1S/C13H12O3/c1-9-4-2-3-5-13(9)16-12-7-10(14)6-11(15)8-12/h2-8,14-15H,1H3. The van der Waals surface area contributed by atoms with E-state index in [-0.39, 0.29) is 11.5 Å². The van der Waals surface area contributed by atoms with Gasteiger partial charge in [0.15, 0.2) is 0 Å². The Morgan fingerprint density at radius 2 is 1.56 bits per heavy atom. The fourth-order valence-electron chi connectivity index (χ4n) is 1.42. The smallest absolute Gasteiger partial charge is 0.134 e. The Morgan fingerprint density at radius 3 is 2.19 bits per heavy atom. The van der Waals surface area contributed by atoms with Crippen molar-refractivity contribution in [2.45, 2.75) is 6.92 Å². The van der Waals surface area contributed by atoms with Gasteiger partial charge in [-0.1, -0.05) is 18.2 Å². The molecule has 0 aliphatic carbocycles. The maximum absolute atomic E-state index is 9.30. The van der Waals surface area contributed by atoms with Crippen LogP contribution in [0.4, 0.5) is 0 Å². The van der Waals surface area contributed by atoms with E-state index >= 15 is 0 Å². The number of benzene rings is 2. The zero-order valence-corrected chi connectivity index (χ0v) is 8.84. The number of ether oxygens (including phenoxy) is 1. The van der Waals surface area contributed by atoms with Gasteiger partial charge >= 0.3 is 0 Å². The lowest BCUT2D eigenvalue weighted by atomic mass is 10.2. The van der Waals surface area contributed by atoms with Gasteiger partial charge in [0, 0.05) is 18.2 Å². The van der Waals surface area contributed by atoms with Crippen molar-refractivity contribution in [2.75, 3.05) is 0 Å². The predicted molar refractivity (Wildman–Crippen MR) is 61.0 cm³/mol. The summed E-state index contributed by atoms with van der Waals surface area (Å²) in [6.07, 6.45) is 0. The van der Waals surface area contributed by atoms with E-state index in [1.165, 1.54) is 18.2 Å². The van der Waals surface area contributed by atoms with Gasteiger partial charge in [-0.3, -0.25) is 0 Å². The number of hydrogen-bond donors (Lipinski definition) is 2. The van der Waals surface area contributed by atoms with E-state index in [9.17, 15) is 10.2 Å². The molecule has 2 rings (SSSR count). The SMILES string of the molecule is Cc1ccccc1Oc1cc(O)cc(O)c1. The second-order valence-electron chi connectivity index (χ2n) is 3.55. The normalized spacial score (nSPS) is 10.1. The first-order valence-corrected chi connectivity index (χ1v) is 4.91. The van der Waals surface area contributed by atoms with Crippen LogP contribution in [0.5, 0.6) is 23.0 Å². The van der Waals surface area contributed by atoms with E-state index in [0.717, 1.165) is 5.56 Å². The van der Waals surface area contributed by atoms with Crippen molar-refractivity contribution in [2.24, 2.45) is 0 Å². The topological polar surface area (TPSA) is 49.7 Å². The molecule has 16 heavy (non-hydrogen) atoms. The largest absolute Gasteiger partial charge is 0.508 e. The maximum Gasteiger partial charge on any atom is 0.134 e. The quantitative estimate of drug-likeness (QED) is 0.810. The molecule has 0 bridgehead atoms. The molecule has 0 radical (unpaired) electrons. The molecule has 2 aromatic carbocycles. The molecule has 0 saturated carbocycles. The summed E-state index contributed by atoms with van der Waals surface area (Å²) >= 11 is 0. The lowest BCUT2D eigenvalue weighted by Crippen LogP contribution is -1.86. The highest BCUT2D eigenvalue weighted by molar-refractivity contribution is 5.44. The highest BCUT2D eigenvalue weighted by Crippen LogP contribution is 2.30. The number of hydrogen-bond acceptors (Lipinski definition) is 3. The molecular formula is C13H12O3. The molecule has 0 unspecified atom stereocenters. The van der Waals surface area contributed by atoms with E-state index in [1.54, 1.807) is 0 Å². The van der Waals surface area contributed by atoms with Gasteiger partial charge in [0.25, 0.3) is 0 Å². The van der Waals surface area contributed by atoms with Gasteiger partial charge in [-0.25, -0.2) is 0 Å². The summed E-state index contributed by atoms with van der Waals surface area (Å²) < 4.78 is 5.55. The van der Waals surface area contributed by atoms with Crippen LogP contribution in [-0.4, -0.2) is 10.2 Å². The van der Waals surface area contributed by atoms with Crippen LogP contribution in [-0.2, 0) is 0 Å². The average molecular weight is 216 g/mol. The van der Waals surface area contributed by atoms with Gasteiger partial charge in [-0.15, -0.1) is 0 Å². The van der Waals surface area contributed by atoms with Crippen LogP contribution in [0.25, 0.3) is 0 Å². The number of rotatable bonds is 2. The van der Waals surface area contributed by atoms with Crippen molar-refractivity contribution < 1.29 is 14.9 Å². The van der Waals surface area contributed by atoms with Crippen molar-refractivity contribution >= 4 is 0 Å². The first-order valence-electron chi connectivity index (χ1n) is 4.91. The zero-order valence-electron chi connectivity index (χ0n) is 8.84. The van der Waals surface area contributed by atoms with Crippen LogP contribution in [0, 0.1) is 6.92 Å². The van der Waals surface area contributed by atoms with E-state index in [2.05, 4.69) is 0 Å². The molecule has 82 valence electrons. The third kappa shape index (κ3) is 2.25. The minimum Gasteiger partial charge on any atom is -0.508 e. The monoisotopic (exact) mass is 216 g/mol. The Hall–Kier alpha value is -2.16. The Morgan fingerprint density at radius 1 is 0.938 bits per heavy atom. The van der Waals surface area contributed by atoms with Gasteiger partial charge in [-0.2, -0.15) is 0 Å². The van der Waals surface area contributed by atoms with Gasteiger partial charge in [0.2, 0.25) is 0 Å². The Kier molecular flexibility index (Phi) is 2.68. The van der Waals surface area contributed by atoms with Crippen molar-refractivity contribution in [3.05, 3.63) is 48.0 Å². The van der Waals surface area contributed by atoms with Crippen LogP contribution in [0.1, 0.15) is 5.56 Å². The first kappa shape index (κ1) is 10.4. The summed E-state index contributed by atoms with van der Waals surface area (Å²) in [6, 6.07) is 11.7. The lowest BCUT2D eigenvalue weighted by molar-refractivity contribution is 0.431. The molecule has 2 N–H and O–H groups in total. The Balaban J connectivity index is 2.30. The third-order valence-electron chi connectivity index (χ3n) is 2.20. The van der Waals surface area contributed by atoms with Crippen LogP contribution in [0.15, 0.2) is 42.5 Å². The Labute approximate surface area is 93.6 Å². The highest BCUT2D eigenvalue weighted by atomic mass is 16.5. The minimum atomic E-state index is -0.0245. The van der Waals surface area contributed by atoms with Crippen molar-refractivity contribution in [3.8, 4) is 23.0 Å². The molecule has 0 saturated heterocycles. The summed E-state index contributed by atoms with van der Waals surface area (Å²) in [7, 11) is 0. The minimum absolute atomic E-state index is 0.0245. The molecule has 0 spiro atoms. The van der Waals surface area contributed by atoms with Crippen molar-refractivity contribution in [1.82, 2.24) is 0 Å². The number of aryl methyl sites for hydroxylation is 1. The summed E-state index contributed by atoms with van der Waals surface area (Å²) in [4.78, 5) is 0. The van der Waals surface area contributed by atoms with Gasteiger partial charge < -0.3 is 14.9 Å². The van der Waals surface area contributed by atoms with Crippen molar-refractivity contribution in [1.29, 1.82) is 0 Å². The first-order chi connectivity index (χ1) is 7.65. The predicted octanol–water partition coefficient (Wildman–Crippen LogP) is 3.20. The fourth-order valence-corrected chi connectivity index (χ4v) is 1.42. The van der Waals surface area contributed by atoms with E-state index in [1.807, 2.05) is 31.2 Å². The van der Waals surface area contributed by atoms with Crippen LogP contribution in [0.3, 0.4) is 0 Å². The molecule has 3 nitrogen and oxygen atoms in total. The summed E-state index contributed by atoms with van der Waals surface area (Å²) in [6.45, 7) is 1.93. The van der Waals surface area contributed by atoms with Crippen LogP contribution < -0.4 is 4.74 Å². The number of phenols is 2. The molecule has 0 aliphatic heterocycles. The number of aromatic hydroxyl groups is 2. The molecule has 0 amide bonds. The maximum atomic E-state index is 9.30. The van der Waals surface area contributed by atoms with E-state index in [0.29, 0.717) is 11.5 Å². The third-order valence-corrected chi connectivity index (χ3v) is 2.20. The zero-order chi connectivity index (χ0) is 11.5. The Bertz CT molecular complexity index is 486. The van der Waals surface area contributed by atoms with Crippen LogP contribution >= 0.6 is 0 Å². The molecular weight excluding hydrogens is 204 g/mol. The summed E-state index contributed by atoms with van der Waals surface area (Å²) in [5.41, 5.74) is 0.991. The van der Waals surface area contributed by atoms with Gasteiger partial charge in [-0.05, 0) is 18.6 Å². The average Bonchev–Trinajstić information content (AvgIpc) is 2.20. The molecule has 0 heterocycles. The van der Waals surface area contributed by atoms with Gasteiger partial charge in [0.1, 0.15) is 23.0 Å². The highest BCUT2D eigenvalue weighted by Gasteiger charge is 2.03. The molecule has 0 fully saturated rings. The van der Waals surface area contributed by atoms with E-state index in [4.69, 9.17) is 4.74 Å². The fraction of sp³-hybridized carbons (Fsp3) is 0.0769. The number of para-hydroxylation sites is 1. The summed E-state index contributed by atoms with van der Waals surface area (Å²) in [5, 5.41) is 18.6. The molecule has 0 aliphatic rings. The second-order valence-corrected chi connectivity index (χ2v) is 3.55. The molecule has 0 aromatic heterocycles. The van der Waals surface area contributed by atoms with Crippen molar-refractivity contribution in [3.63, 3.8) is 0 Å². The van der Waals surface area contributed by atoms with Gasteiger partial charge in [0.05, 0.1) is 0 Å². The molecule has 3 heteroatoms. The number of phenolic OH excluding ortho intramolecular Hbond substituents is 2. The van der Waals surface area contributed by atoms with Crippen LogP contribution in [0.2, 0.25) is 0 Å². The second kappa shape index (κ2) is 4.14. The van der Waals surface area contributed by atoms with E-state index < -0.39 is 0 Å². The molecule has 2 aromatic rings. The molecule has 0 atom stereocenters.